The van der Waals surface area contributed by atoms with Crippen molar-refractivity contribution >= 4 is 22.7 Å². The van der Waals surface area contributed by atoms with E-state index in [-0.39, 0.29) is 34.8 Å². The lowest BCUT2D eigenvalue weighted by molar-refractivity contribution is -0.0328. The van der Waals surface area contributed by atoms with Crippen molar-refractivity contribution in [3.63, 3.8) is 0 Å². The minimum absolute atomic E-state index is 0.00299. The number of aromatic nitrogens is 3. The molecule has 0 aliphatic heterocycles. The average Bonchev–Trinajstić information content (AvgIpc) is 2.94. The highest BCUT2D eigenvalue weighted by atomic mass is 32.2. The molecule has 0 amide bonds. The number of halogens is 3. The Morgan fingerprint density at radius 2 is 1.83 bits per heavy atom. The Kier molecular flexibility index (Phi) is 5.07. The SMILES string of the molecule is Cc1ccc2c(Cn3cc(O)n(-c4ccc(SC(F)(F)F)cc4)c3=O)ccnc2c1. The van der Waals surface area contributed by atoms with Crippen LogP contribution in [0.5, 0.6) is 5.88 Å². The molecule has 0 aliphatic rings. The minimum Gasteiger partial charge on any atom is -0.493 e. The van der Waals surface area contributed by atoms with Crippen molar-refractivity contribution < 1.29 is 18.3 Å². The lowest BCUT2D eigenvalue weighted by Gasteiger charge is -2.08. The van der Waals surface area contributed by atoms with Gasteiger partial charge in [0.25, 0.3) is 0 Å². The van der Waals surface area contributed by atoms with Gasteiger partial charge >= 0.3 is 11.2 Å². The maximum atomic E-state index is 12.9. The molecule has 2 aromatic heterocycles. The zero-order chi connectivity index (χ0) is 21.5. The molecule has 30 heavy (non-hydrogen) atoms. The molecule has 0 spiro atoms. The normalized spacial score (nSPS) is 11.9. The van der Waals surface area contributed by atoms with Crippen molar-refractivity contribution in [3.05, 3.63) is 82.5 Å². The van der Waals surface area contributed by atoms with Crippen LogP contribution in [0.4, 0.5) is 13.2 Å². The third-order valence-electron chi connectivity index (χ3n) is 4.60. The van der Waals surface area contributed by atoms with Crippen molar-refractivity contribution in [2.45, 2.75) is 23.9 Å². The molecule has 9 heteroatoms. The lowest BCUT2D eigenvalue weighted by Crippen LogP contribution is -2.23. The van der Waals surface area contributed by atoms with E-state index < -0.39 is 11.2 Å². The first-order valence-electron chi connectivity index (χ1n) is 8.93. The zero-order valence-electron chi connectivity index (χ0n) is 15.7. The van der Waals surface area contributed by atoms with Gasteiger partial charge in [0.15, 0.2) is 0 Å². The quantitative estimate of drug-likeness (QED) is 0.469. The van der Waals surface area contributed by atoms with E-state index in [0.717, 1.165) is 26.6 Å². The van der Waals surface area contributed by atoms with E-state index in [0.29, 0.717) is 0 Å². The number of alkyl halides is 3. The van der Waals surface area contributed by atoms with Crippen molar-refractivity contribution in [3.8, 4) is 11.6 Å². The number of aryl methyl sites for hydroxylation is 1. The molecule has 2 heterocycles. The summed E-state index contributed by atoms with van der Waals surface area (Å²) in [6, 6.07) is 12.9. The van der Waals surface area contributed by atoms with Gasteiger partial charge in [0.1, 0.15) is 0 Å². The fourth-order valence-corrected chi connectivity index (χ4v) is 3.81. The number of rotatable bonds is 4. The van der Waals surface area contributed by atoms with E-state index in [9.17, 15) is 23.1 Å². The minimum atomic E-state index is -4.39. The fourth-order valence-electron chi connectivity index (χ4n) is 3.27. The van der Waals surface area contributed by atoms with Gasteiger partial charge in [0.05, 0.1) is 23.9 Å². The van der Waals surface area contributed by atoms with Gasteiger partial charge in [-0.2, -0.15) is 13.2 Å². The molecule has 0 saturated carbocycles. The van der Waals surface area contributed by atoms with Gasteiger partial charge < -0.3 is 5.11 Å². The smallest absolute Gasteiger partial charge is 0.446 e. The van der Waals surface area contributed by atoms with Crippen LogP contribution in [0, 0.1) is 6.92 Å². The largest absolute Gasteiger partial charge is 0.493 e. The Morgan fingerprint density at radius 1 is 1.10 bits per heavy atom. The summed E-state index contributed by atoms with van der Waals surface area (Å²) in [4.78, 5) is 17.2. The number of hydrogen-bond donors (Lipinski definition) is 1. The van der Waals surface area contributed by atoms with Crippen LogP contribution in [0.25, 0.3) is 16.6 Å². The van der Waals surface area contributed by atoms with E-state index >= 15 is 0 Å². The summed E-state index contributed by atoms with van der Waals surface area (Å²) in [5.41, 5.74) is -1.88. The zero-order valence-corrected chi connectivity index (χ0v) is 16.5. The van der Waals surface area contributed by atoms with E-state index in [1.807, 2.05) is 31.2 Å². The summed E-state index contributed by atoms with van der Waals surface area (Å²) < 4.78 is 39.9. The summed E-state index contributed by atoms with van der Waals surface area (Å²) >= 11 is -0.239. The van der Waals surface area contributed by atoms with Crippen LogP contribution in [-0.2, 0) is 6.54 Å². The number of pyridine rings is 1. The third-order valence-corrected chi connectivity index (χ3v) is 5.33. The summed E-state index contributed by atoms with van der Waals surface area (Å²) in [7, 11) is 0. The van der Waals surface area contributed by atoms with E-state index in [1.54, 1.807) is 6.20 Å². The second-order valence-corrected chi connectivity index (χ2v) is 7.90. The predicted molar refractivity (Wildman–Crippen MR) is 109 cm³/mol. The van der Waals surface area contributed by atoms with Gasteiger partial charge in [-0.15, -0.1) is 0 Å². The van der Waals surface area contributed by atoms with Crippen LogP contribution in [-0.4, -0.2) is 24.7 Å². The van der Waals surface area contributed by atoms with E-state index in [4.69, 9.17) is 0 Å². The first-order chi connectivity index (χ1) is 14.2. The van der Waals surface area contributed by atoms with Crippen LogP contribution in [0.15, 0.2) is 70.6 Å². The summed E-state index contributed by atoms with van der Waals surface area (Å²) in [5.74, 6) is -0.301. The highest BCUT2D eigenvalue weighted by Gasteiger charge is 2.29. The van der Waals surface area contributed by atoms with Gasteiger partial charge in [-0.05, 0) is 66.2 Å². The monoisotopic (exact) mass is 431 g/mol. The molecule has 0 unspecified atom stereocenters. The lowest BCUT2D eigenvalue weighted by atomic mass is 10.1. The maximum absolute atomic E-state index is 12.9. The van der Waals surface area contributed by atoms with Gasteiger partial charge in [-0.3, -0.25) is 9.55 Å². The van der Waals surface area contributed by atoms with Crippen molar-refractivity contribution in [1.82, 2.24) is 14.1 Å². The maximum Gasteiger partial charge on any atom is 0.446 e. The molecule has 0 radical (unpaired) electrons. The van der Waals surface area contributed by atoms with Crippen LogP contribution in [0.1, 0.15) is 11.1 Å². The van der Waals surface area contributed by atoms with Crippen molar-refractivity contribution in [2.24, 2.45) is 0 Å². The molecule has 4 rings (SSSR count). The summed E-state index contributed by atoms with van der Waals surface area (Å²) in [5, 5.41) is 11.2. The average molecular weight is 431 g/mol. The first-order valence-corrected chi connectivity index (χ1v) is 9.74. The number of benzene rings is 2. The predicted octanol–water partition coefficient (Wildman–Crippen LogP) is 4.86. The molecule has 0 saturated heterocycles. The van der Waals surface area contributed by atoms with Crippen LogP contribution in [0.3, 0.4) is 0 Å². The number of imidazole rings is 1. The number of nitrogens with zero attached hydrogens (tertiary/aromatic N) is 3. The molecular formula is C21H16F3N3O2S. The van der Waals surface area contributed by atoms with Crippen LogP contribution < -0.4 is 5.69 Å². The van der Waals surface area contributed by atoms with Gasteiger partial charge in [-0.25, -0.2) is 9.36 Å². The molecular weight excluding hydrogens is 415 g/mol. The third kappa shape index (κ3) is 4.06. The van der Waals surface area contributed by atoms with Crippen LogP contribution >= 0.6 is 11.8 Å². The molecule has 154 valence electrons. The van der Waals surface area contributed by atoms with Crippen molar-refractivity contribution in [1.29, 1.82) is 0 Å². The Labute approximate surface area is 173 Å². The van der Waals surface area contributed by atoms with Gasteiger partial charge in [0, 0.05) is 16.5 Å². The Morgan fingerprint density at radius 3 is 2.53 bits per heavy atom. The molecule has 0 aliphatic carbocycles. The number of thioether (sulfide) groups is 1. The van der Waals surface area contributed by atoms with E-state index in [1.165, 1.54) is 35.0 Å². The summed E-state index contributed by atoms with van der Waals surface area (Å²) in [6.45, 7) is 2.18. The highest BCUT2D eigenvalue weighted by molar-refractivity contribution is 8.00. The standard InChI is InChI=1S/C21H16F3N3O2S/c1-13-2-7-17-14(8-9-25-18(17)10-13)11-26-12-19(28)27(20(26)29)15-3-5-16(6-4-15)30-21(22,23)24/h2-10,12,28H,11H2,1H3. The Hall–Kier alpha value is -3.20. The second kappa shape index (κ2) is 7.56. The number of aromatic hydroxyl groups is 1. The number of fused-ring (bicyclic) bond motifs is 1. The molecule has 1 N–H and O–H groups in total. The second-order valence-electron chi connectivity index (χ2n) is 6.77. The topological polar surface area (TPSA) is 60.0 Å². The number of hydrogen-bond acceptors (Lipinski definition) is 4. The van der Waals surface area contributed by atoms with Crippen LogP contribution in [0.2, 0.25) is 0 Å². The first kappa shape index (κ1) is 20.1. The van der Waals surface area contributed by atoms with Gasteiger partial charge in [0.2, 0.25) is 5.88 Å². The molecule has 4 aromatic rings. The highest BCUT2D eigenvalue weighted by Crippen LogP contribution is 2.37. The van der Waals surface area contributed by atoms with Crippen molar-refractivity contribution in [2.75, 3.05) is 0 Å². The fraction of sp³-hybridized carbons (Fsp3) is 0.143. The molecule has 0 bridgehead atoms. The van der Waals surface area contributed by atoms with E-state index in [2.05, 4.69) is 4.98 Å². The van der Waals surface area contributed by atoms with Gasteiger partial charge in [-0.1, -0.05) is 12.1 Å². The molecule has 0 atom stereocenters. The molecule has 5 nitrogen and oxygen atoms in total. The Balaban J connectivity index is 1.67. The molecule has 0 fully saturated rings. The Bertz CT molecular complexity index is 1280. The summed E-state index contributed by atoms with van der Waals surface area (Å²) in [6.07, 6.45) is 2.97. The molecule has 2 aromatic carbocycles.